The average Bonchev–Trinajstić information content (AvgIpc) is 2.90. The Morgan fingerprint density at radius 1 is 1.33 bits per heavy atom. The second-order valence-electron chi connectivity index (χ2n) is 4.72. The van der Waals surface area contributed by atoms with Crippen molar-refractivity contribution in [1.29, 1.82) is 0 Å². The fourth-order valence-electron chi connectivity index (χ4n) is 2.11. The summed E-state index contributed by atoms with van der Waals surface area (Å²) in [7, 11) is 0. The summed E-state index contributed by atoms with van der Waals surface area (Å²) in [5.74, 6) is -0.296. The van der Waals surface area contributed by atoms with Crippen molar-refractivity contribution in [2.24, 2.45) is 0 Å². The van der Waals surface area contributed by atoms with Crippen molar-refractivity contribution in [1.82, 2.24) is 14.4 Å². The van der Waals surface area contributed by atoms with Crippen LogP contribution in [0.1, 0.15) is 21.6 Å². The summed E-state index contributed by atoms with van der Waals surface area (Å²) in [5, 5.41) is 12.0. The number of carbonyl (C=O) groups is 1. The molecule has 0 fully saturated rings. The van der Waals surface area contributed by atoms with Gasteiger partial charge >= 0.3 is 0 Å². The Morgan fingerprint density at radius 2 is 2.19 bits per heavy atom. The summed E-state index contributed by atoms with van der Waals surface area (Å²) in [5.41, 5.74) is 3.28. The molecule has 106 valence electrons. The lowest BCUT2D eigenvalue weighted by Crippen LogP contribution is -2.15. The van der Waals surface area contributed by atoms with Gasteiger partial charge in [0.05, 0.1) is 24.7 Å². The van der Waals surface area contributed by atoms with Crippen LogP contribution < -0.4 is 5.32 Å². The van der Waals surface area contributed by atoms with E-state index in [1.54, 1.807) is 16.7 Å². The second kappa shape index (κ2) is 5.34. The summed E-state index contributed by atoms with van der Waals surface area (Å²) < 4.78 is 1.74. The van der Waals surface area contributed by atoms with Gasteiger partial charge in [-0.1, -0.05) is 6.07 Å². The molecule has 0 radical (unpaired) electrons. The van der Waals surface area contributed by atoms with Gasteiger partial charge < -0.3 is 10.4 Å². The van der Waals surface area contributed by atoms with Crippen LogP contribution in [0.15, 0.2) is 43.0 Å². The van der Waals surface area contributed by atoms with Gasteiger partial charge in [-0.2, -0.15) is 0 Å². The molecule has 3 heterocycles. The van der Waals surface area contributed by atoms with Gasteiger partial charge in [0.15, 0.2) is 0 Å². The quantitative estimate of drug-likeness (QED) is 0.767. The molecular weight excluding hydrogens is 268 g/mol. The Labute approximate surface area is 121 Å². The summed E-state index contributed by atoms with van der Waals surface area (Å²) >= 11 is 0. The van der Waals surface area contributed by atoms with E-state index < -0.39 is 0 Å². The van der Waals surface area contributed by atoms with Gasteiger partial charge in [0, 0.05) is 18.0 Å². The van der Waals surface area contributed by atoms with E-state index in [1.807, 2.05) is 25.3 Å². The lowest BCUT2D eigenvalue weighted by molar-refractivity contribution is 0.102. The lowest BCUT2D eigenvalue weighted by atomic mass is 10.2. The molecule has 2 N–H and O–H groups in total. The van der Waals surface area contributed by atoms with E-state index in [0.29, 0.717) is 22.6 Å². The highest BCUT2D eigenvalue weighted by Gasteiger charge is 2.13. The monoisotopic (exact) mass is 282 g/mol. The third kappa shape index (κ3) is 2.48. The molecule has 0 bridgehead atoms. The predicted molar refractivity (Wildman–Crippen MR) is 78.0 cm³/mol. The predicted octanol–water partition coefficient (Wildman–Crippen LogP) is 1.78. The molecule has 0 aliphatic heterocycles. The van der Waals surface area contributed by atoms with Crippen LogP contribution in [0.25, 0.3) is 5.65 Å². The highest BCUT2D eigenvalue weighted by Crippen LogP contribution is 2.15. The van der Waals surface area contributed by atoms with Crippen LogP contribution in [-0.2, 0) is 6.61 Å². The van der Waals surface area contributed by atoms with Crippen LogP contribution in [0.3, 0.4) is 0 Å². The van der Waals surface area contributed by atoms with Crippen LogP contribution in [0.4, 0.5) is 5.69 Å². The van der Waals surface area contributed by atoms with E-state index in [4.69, 9.17) is 0 Å². The average molecular weight is 282 g/mol. The Kier molecular flexibility index (Phi) is 3.37. The first-order valence-electron chi connectivity index (χ1n) is 6.48. The fourth-order valence-corrected chi connectivity index (χ4v) is 2.11. The summed E-state index contributed by atoms with van der Waals surface area (Å²) in [4.78, 5) is 20.5. The van der Waals surface area contributed by atoms with E-state index in [2.05, 4.69) is 15.3 Å². The topological polar surface area (TPSA) is 79.5 Å². The molecule has 0 aliphatic rings. The van der Waals surface area contributed by atoms with Crippen LogP contribution in [-0.4, -0.2) is 25.4 Å². The van der Waals surface area contributed by atoms with Gasteiger partial charge in [-0.15, -0.1) is 0 Å². The molecule has 0 aliphatic carbocycles. The number of aliphatic hydroxyl groups is 1. The third-order valence-corrected chi connectivity index (χ3v) is 3.22. The zero-order valence-electron chi connectivity index (χ0n) is 11.4. The molecule has 0 spiro atoms. The molecule has 1 amide bonds. The minimum absolute atomic E-state index is 0.162. The molecule has 0 aromatic carbocycles. The van der Waals surface area contributed by atoms with Gasteiger partial charge in [-0.05, 0) is 24.6 Å². The molecule has 0 saturated carbocycles. The minimum atomic E-state index is -0.296. The second-order valence-corrected chi connectivity index (χ2v) is 4.72. The molecule has 0 saturated heterocycles. The van der Waals surface area contributed by atoms with Crippen LogP contribution in [0.5, 0.6) is 0 Å². The van der Waals surface area contributed by atoms with Crippen molar-refractivity contribution in [3.8, 4) is 0 Å². The largest absolute Gasteiger partial charge is 0.392 e. The number of aryl methyl sites for hydroxylation is 1. The molecule has 3 rings (SSSR count). The number of aromatic nitrogens is 3. The number of nitrogens with one attached hydrogen (secondary N) is 1. The zero-order chi connectivity index (χ0) is 14.8. The number of imidazole rings is 1. The SMILES string of the molecule is Cc1ccc2ncc(C(=O)Nc3cnccc3CO)n2c1. The van der Waals surface area contributed by atoms with E-state index >= 15 is 0 Å². The highest BCUT2D eigenvalue weighted by molar-refractivity contribution is 6.03. The van der Waals surface area contributed by atoms with Gasteiger partial charge in [0.25, 0.3) is 5.91 Å². The number of amides is 1. The number of anilines is 1. The molecule has 0 unspecified atom stereocenters. The Bertz CT molecular complexity index is 810. The van der Waals surface area contributed by atoms with Gasteiger partial charge in [-0.3, -0.25) is 14.2 Å². The first kappa shape index (κ1) is 13.3. The molecule has 6 nitrogen and oxygen atoms in total. The first-order chi connectivity index (χ1) is 10.2. The van der Waals surface area contributed by atoms with Crippen molar-refractivity contribution < 1.29 is 9.90 Å². The lowest BCUT2D eigenvalue weighted by Gasteiger charge is -2.08. The number of fused-ring (bicyclic) bond motifs is 1. The van der Waals surface area contributed by atoms with E-state index in [1.165, 1.54) is 12.4 Å². The normalized spacial score (nSPS) is 10.8. The molecule has 21 heavy (non-hydrogen) atoms. The number of rotatable bonds is 3. The third-order valence-electron chi connectivity index (χ3n) is 3.22. The molecule has 0 atom stereocenters. The zero-order valence-corrected chi connectivity index (χ0v) is 11.4. The standard InChI is InChI=1S/C15H14N4O2/c1-10-2-3-14-17-7-13(19(14)8-10)15(21)18-12-6-16-5-4-11(12)9-20/h2-8,20H,9H2,1H3,(H,18,21). The molecule has 3 aromatic heterocycles. The van der Waals surface area contributed by atoms with E-state index in [9.17, 15) is 9.90 Å². The number of pyridine rings is 2. The fraction of sp³-hybridized carbons (Fsp3) is 0.133. The Hall–Kier alpha value is -2.73. The highest BCUT2D eigenvalue weighted by atomic mass is 16.3. The summed E-state index contributed by atoms with van der Waals surface area (Å²) in [6.45, 7) is 1.79. The number of carbonyl (C=O) groups excluding carboxylic acids is 1. The number of hydrogen-bond acceptors (Lipinski definition) is 4. The van der Waals surface area contributed by atoms with Crippen LogP contribution >= 0.6 is 0 Å². The summed E-state index contributed by atoms with van der Waals surface area (Å²) in [6.07, 6.45) is 6.46. The number of nitrogens with zero attached hydrogens (tertiary/aromatic N) is 3. The number of hydrogen-bond donors (Lipinski definition) is 2. The van der Waals surface area contributed by atoms with Crippen molar-refractivity contribution in [3.63, 3.8) is 0 Å². The van der Waals surface area contributed by atoms with Crippen molar-refractivity contribution in [2.45, 2.75) is 13.5 Å². The van der Waals surface area contributed by atoms with E-state index in [-0.39, 0.29) is 12.5 Å². The van der Waals surface area contributed by atoms with Gasteiger partial charge in [0.2, 0.25) is 0 Å². The molecule has 6 heteroatoms. The maximum atomic E-state index is 12.4. The van der Waals surface area contributed by atoms with Crippen LogP contribution in [0, 0.1) is 6.92 Å². The maximum Gasteiger partial charge on any atom is 0.274 e. The van der Waals surface area contributed by atoms with E-state index in [0.717, 1.165) is 5.56 Å². The van der Waals surface area contributed by atoms with Gasteiger partial charge in [-0.25, -0.2) is 4.98 Å². The molecule has 3 aromatic rings. The molecular formula is C15H14N4O2. The van der Waals surface area contributed by atoms with Crippen molar-refractivity contribution in [2.75, 3.05) is 5.32 Å². The Morgan fingerprint density at radius 3 is 3.00 bits per heavy atom. The first-order valence-corrected chi connectivity index (χ1v) is 6.48. The smallest absolute Gasteiger partial charge is 0.274 e. The Balaban J connectivity index is 1.96. The minimum Gasteiger partial charge on any atom is -0.392 e. The van der Waals surface area contributed by atoms with Crippen LogP contribution in [0.2, 0.25) is 0 Å². The van der Waals surface area contributed by atoms with Crippen molar-refractivity contribution in [3.05, 3.63) is 59.8 Å². The van der Waals surface area contributed by atoms with Crippen molar-refractivity contribution >= 4 is 17.2 Å². The maximum absolute atomic E-state index is 12.4. The number of aliphatic hydroxyl groups excluding tert-OH is 1. The van der Waals surface area contributed by atoms with Gasteiger partial charge in [0.1, 0.15) is 11.3 Å². The summed E-state index contributed by atoms with van der Waals surface area (Å²) in [6, 6.07) is 5.46.